The van der Waals surface area contributed by atoms with Gasteiger partial charge in [0.25, 0.3) is 0 Å². The van der Waals surface area contributed by atoms with E-state index in [1.54, 1.807) is 0 Å². The van der Waals surface area contributed by atoms with Gasteiger partial charge in [-0.3, -0.25) is 4.70 Å². The van der Waals surface area contributed by atoms with E-state index < -0.39 is 33.8 Å². The van der Waals surface area contributed by atoms with Gasteiger partial charge in [0.05, 0.1) is 0 Å². The van der Waals surface area contributed by atoms with E-state index in [1.165, 1.54) is 5.19 Å². The third-order valence-corrected chi connectivity index (χ3v) is 16.1. The lowest BCUT2D eigenvalue weighted by Crippen LogP contribution is -2.62. The van der Waals surface area contributed by atoms with E-state index in [-0.39, 0.29) is 4.70 Å². The van der Waals surface area contributed by atoms with Crippen LogP contribution in [0.1, 0.15) is 0 Å². The van der Waals surface area contributed by atoms with Gasteiger partial charge in [0.2, 0.25) is 0 Å². The average molecular weight is 545 g/mol. The molecule has 1 unspecified atom stereocenters. The number of halogens is 9. The lowest BCUT2D eigenvalue weighted by Gasteiger charge is -2.41. The van der Waals surface area contributed by atoms with Crippen molar-refractivity contribution in [2.45, 2.75) is 58.9 Å². The average Bonchev–Trinajstić information content (AvgIpc) is 2.65. The molecule has 0 bridgehead atoms. The number of hydrogen-bond donors (Lipinski definition) is 0. The van der Waals surface area contributed by atoms with Crippen molar-refractivity contribution in [3.63, 3.8) is 0 Å². The second-order valence-electron chi connectivity index (χ2n) is 8.24. The molecule has 0 spiro atoms. The summed E-state index contributed by atoms with van der Waals surface area (Å²) in [6, 6.07) is 10.4. The molecule has 0 saturated carbocycles. The molecular weight excluding hydrogens is 511 g/mol. The first-order chi connectivity index (χ1) is 13.7. The van der Waals surface area contributed by atoms with Gasteiger partial charge in [-0.05, 0) is 64.1 Å². The Morgan fingerprint density at radius 2 is 0.839 bits per heavy atom. The SMILES string of the molecule is C[Si](C)(C)O[Si](C)(C)O[Si](C)(O[Si](C)(C)C)c1ccccc1.F.FF.FF.FF.FF. The Kier molecular flexibility index (Phi) is 26.2. The van der Waals surface area contributed by atoms with Gasteiger partial charge in [-0.1, -0.05) is 30.3 Å². The Balaban J connectivity index is -0.000000224. The molecule has 0 aliphatic heterocycles. The third kappa shape index (κ3) is 22.3. The van der Waals surface area contributed by atoms with Crippen LogP contribution in [0.3, 0.4) is 0 Å². The summed E-state index contributed by atoms with van der Waals surface area (Å²) >= 11 is 0. The highest BCUT2D eigenvalue weighted by Crippen LogP contribution is 2.24. The molecule has 3 nitrogen and oxygen atoms in total. The van der Waals surface area contributed by atoms with E-state index in [0.717, 1.165) is 0 Å². The van der Waals surface area contributed by atoms with Crippen LogP contribution in [0.2, 0.25) is 58.9 Å². The van der Waals surface area contributed by atoms with Crippen molar-refractivity contribution < 1.29 is 53.6 Å². The standard InChI is InChI=1S/C15H32O3Si4.4F2.FH/c1-19(2,3)16-21(7,8)18-22(9,17-20(4,5)6)15-13-11-10-12-14-15;4*1-2;/h10-14H,1-9H3;;;;;1H. The van der Waals surface area contributed by atoms with Gasteiger partial charge in [-0.15, -0.1) is 0 Å². The normalized spacial score (nSPS) is 12.4. The predicted molar refractivity (Wildman–Crippen MR) is 116 cm³/mol. The summed E-state index contributed by atoms with van der Waals surface area (Å²) in [5, 5.41) is 1.19. The largest absolute Gasteiger partial charge is 0.437 e. The van der Waals surface area contributed by atoms with E-state index in [0.29, 0.717) is 0 Å². The van der Waals surface area contributed by atoms with Gasteiger partial charge in [0.15, 0.2) is 16.6 Å². The molecule has 0 amide bonds. The van der Waals surface area contributed by atoms with E-state index in [4.69, 9.17) is 48.9 Å². The van der Waals surface area contributed by atoms with Crippen LogP contribution in [0.25, 0.3) is 0 Å². The molecule has 0 aliphatic rings. The zero-order chi connectivity index (χ0) is 25.2. The van der Waals surface area contributed by atoms with Gasteiger partial charge in [-0.2, -0.15) is 0 Å². The first kappa shape index (κ1) is 40.7. The van der Waals surface area contributed by atoms with Crippen molar-refractivity contribution in [1.29, 1.82) is 0 Å². The molecule has 1 aromatic carbocycles. The van der Waals surface area contributed by atoms with Crippen LogP contribution in [-0.4, -0.2) is 33.8 Å². The maximum atomic E-state index is 8.00. The Bertz CT molecular complexity index is 507. The van der Waals surface area contributed by atoms with Crippen molar-refractivity contribution in [2.24, 2.45) is 0 Å². The summed E-state index contributed by atoms with van der Waals surface area (Å²) < 4.78 is 83.6. The van der Waals surface area contributed by atoms with Gasteiger partial charge >= 0.3 is 17.1 Å². The summed E-state index contributed by atoms with van der Waals surface area (Å²) in [6.45, 7) is 19.8. The molecular formula is C15H33F9O3Si4. The van der Waals surface area contributed by atoms with Crippen LogP contribution in [0.4, 0.5) is 41.3 Å². The zero-order valence-electron chi connectivity index (χ0n) is 19.0. The molecule has 0 aliphatic carbocycles. The molecule has 16 heteroatoms. The van der Waals surface area contributed by atoms with Crippen molar-refractivity contribution in [3.05, 3.63) is 30.3 Å². The Labute approximate surface area is 182 Å². The molecule has 0 aromatic heterocycles. The predicted octanol–water partition coefficient (Wildman–Crippen LogP) is 7.90. The van der Waals surface area contributed by atoms with Crippen molar-refractivity contribution in [3.8, 4) is 0 Å². The second kappa shape index (κ2) is 20.0. The monoisotopic (exact) mass is 544 g/mol. The molecule has 0 saturated heterocycles. The lowest BCUT2D eigenvalue weighted by atomic mass is 10.4. The third-order valence-electron chi connectivity index (χ3n) is 2.79. The minimum atomic E-state index is -2.48. The first-order valence-corrected chi connectivity index (χ1v) is 20.4. The Morgan fingerprint density at radius 3 is 1.13 bits per heavy atom. The van der Waals surface area contributed by atoms with E-state index in [9.17, 15) is 0 Å². The van der Waals surface area contributed by atoms with E-state index in [2.05, 4.69) is 83.2 Å². The first-order valence-electron chi connectivity index (χ1n) is 8.46. The Morgan fingerprint density at radius 1 is 0.516 bits per heavy atom. The summed E-state index contributed by atoms with van der Waals surface area (Å²) in [4.78, 5) is 0. The smallest absolute Gasteiger partial charge is 0.350 e. The molecule has 1 atom stereocenters. The fourth-order valence-electron chi connectivity index (χ4n) is 2.69. The van der Waals surface area contributed by atoms with Crippen LogP contribution in [-0.2, 0) is 12.3 Å². The zero-order valence-corrected chi connectivity index (χ0v) is 23.0. The molecule has 1 aromatic rings. The molecule has 0 heterocycles. The minimum absolute atomic E-state index is 0. The second-order valence-corrected chi connectivity index (χ2v) is 24.4. The quantitative estimate of drug-likeness (QED) is 0.258. The molecule has 31 heavy (non-hydrogen) atoms. The highest BCUT2D eigenvalue weighted by molar-refractivity contribution is 6.94. The van der Waals surface area contributed by atoms with Gasteiger partial charge in [0, 0.05) is 36.6 Å². The fourth-order valence-corrected chi connectivity index (χ4v) is 19.8. The lowest BCUT2D eigenvalue weighted by molar-refractivity contribution is 0.108. The highest BCUT2D eigenvalue weighted by Gasteiger charge is 2.45. The Hall–Kier alpha value is -0.662. The van der Waals surface area contributed by atoms with Crippen molar-refractivity contribution in [1.82, 2.24) is 0 Å². The van der Waals surface area contributed by atoms with Crippen LogP contribution < -0.4 is 5.19 Å². The topological polar surface area (TPSA) is 27.7 Å². The van der Waals surface area contributed by atoms with E-state index in [1.807, 2.05) is 6.07 Å². The molecule has 0 fully saturated rings. The van der Waals surface area contributed by atoms with Gasteiger partial charge in [-0.25, -0.2) is 0 Å². The molecule has 0 N–H and O–H groups in total. The van der Waals surface area contributed by atoms with Crippen molar-refractivity contribution >= 4 is 38.9 Å². The van der Waals surface area contributed by atoms with Crippen LogP contribution in [0.5, 0.6) is 0 Å². The fraction of sp³-hybridized carbons (Fsp3) is 0.600. The molecule has 190 valence electrons. The van der Waals surface area contributed by atoms with Gasteiger partial charge in [0.1, 0.15) is 0 Å². The van der Waals surface area contributed by atoms with Gasteiger partial charge < -0.3 is 12.3 Å². The molecule has 0 radical (unpaired) electrons. The summed E-state index contributed by atoms with van der Waals surface area (Å²) in [7, 11) is -8.07. The highest BCUT2D eigenvalue weighted by atomic mass is 28.5. The van der Waals surface area contributed by atoms with Crippen LogP contribution in [0.15, 0.2) is 30.3 Å². The summed E-state index contributed by atoms with van der Waals surface area (Å²) in [5.41, 5.74) is 0. The number of rotatable bonds is 7. The number of hydrogen-bond acceptors (Lipinski definition) is 3. The van der Waals surface area contributed by atoms with Crippen molar-refractivity contribution in [2.75, 3.05) is 0 Å². The minimum Gasteiger partial charge on any atom is -0.437 e. The maximum absolute atomic E-state index is 8.00. The van der Waals surface area contributed by atoms with Crippen LogP contribution >= 0.6 is 0 Å². The maximum Gasteiger partial charge on any atom is 0.350 e. The summed E-state index contributed by atoms with van der Waals surface area (Å²) in [6.07, 6.45) is 0. The van der Waals surface area contributed by atoms with E-state index >= 15 is 0 Å². The van der Waals surface area contributed by atoms with Crippen LogP contribution in [0, 0.1) is 0 Å². The number of benzene rings is 1. The molecule has 1 rings (SSSR count). The summed E-state index contributed by atoms with van der Waals surface area (Å²) in [5.74, 6) is 0.